The molecule has 5 N–H and O–H groups in total. The van der Waals surface area contributed by atoms with Gasteiger partial charge in [-0.3, -0.25) is 4.79 Å². The van der Waals surface area contributed by atoms with Crippen LogP contribution in [-0.2, 0) is 0 Å². The first kappa shape index (κ1) is 19.4. The van der Waals surface area contributed by atoms with Crippen molar-refractivity contribution in [3.05, 3.63) is 53.6 Å². The molecule has 3 aromatic rings. The zero-order chi connectivity index (χ0) is 21.5. The van der Waals surface area contributed by atoms with Crippen molar-refractivity contribution in [1.29, 1.82) is 0 Å². The number of anilines is 3. The highest BCUT2D eigenvalue weighted by atomic mass is 16.5. The molecule has 0 saturated carbocycles. The van der Waals surface area contributed by atoms with Crippen molar-refractivity contribution in [3.8, 4) is 17.1 Å². The van der Waals surface area contributed by atoms with E-state index in [0.29, 0.717) is 36.2 Å². The van der Waals surface area contributed by atoms with Crippen LogP contribution in [-0.4, -0.2) is 53.0 Å². The summed E-state index contributed by atoms with van der Waals surface area (Å²) < 4.78 is 5.27. The maximum absolute atomic E-state index is 12.8. The molecule has 2 aromatic carbocycles. The van der Waals surface area contributed by atoms with Crippen molar-refractivity contribution in [2.24, 2.45) is 11.5 Å². The van der Waals surface area contributed by atoms with E-state index in [1.165, 1.54) is 7.11 Å². The first-order chi connectivity index (χ1) is 15.0. The fourth-order valence-corrected chi connectivity index (χ4v) is 4.21. The topological polar surface area (TPSA) is 132 Å². The van der Waals surface area contributed by atoms with Gasteiger partial charge in [0.1, 0.15) is 0 Å². The van der Waals surface area contributed by atoms with Gasteiger partial charge in [-0.05, 0) is 29.7 Å². The van der Waals surface area contributed by atoms with E-state index in [-0.39, 0.29) is 23.9 Å². The zero-order valence-electron chi connectivity index (χ0n) is 17.1. The summed E-state index contributed by atoms with van der Waals surface area (Å²) in [6.07, 6.45) is 0.759. The van der Waals surface area contributed by atoms with Gasteiger partial charge in [-0.2, -0.15) is 15.0 Å². The predicted molar refractivity (Wildman–Crippen MR) is 118 cm³/mol. The molecule has 0 bridgehead atoms. The molecule has 2 atom stereocenters. The highest BCUT2D eigenvalue weighted by molar-refractivity contribution is 6.22. The Kier molecular flexibility index (Phi) is 4.76. The molecule has 1 aliphatic heterocycles. The van der Waals surface area contributed by atoms with E-state index in [4.69, 9.17) is 16.2 Å². The number of rotatable bonds is 4. The van der Waals surface area contributed by atoms with Gasteiger partial charge in [0.25, 0.3) is 0 Å². The van der Waals surface area contributed by atoms with Gasteiger partial charge >= 0.3 is 6.01 Å². The lowest BCUT2D eigenvalue weighted by Gasteiger charge is -2.34. The quantitative estimate of drug-likeness (QED) is 0.454. The Labute approximate surface area is 179 Å². The molecule has 1 aromatic heterocycles. The highest BCUT2D eigenvalue weighted by Crippen LogP contribution is 2.38. The predicted octanol–water partition coefficient (Wildman–Crippen LogP) is 1.70. The SMILES string of the molecule is COc1nc(Nc2ccc3c(c2)C(=O)c2ccccc2-3)nc(N2C[C@H](N)C[C@H](N)C2)n1. The summed E-state index contributed by atoms with van der Waals surface area (Å²) in [6.45, 7) is 1.21. The van der Waals surface area contributed by atoms with Crippen molar-refractivity contribution in [1.82, 2.24) is 15.0 Å². The average Bonchev–Trinajstić information content (AvgIpc) is 3.05. The van der Waals surface area contributed by atoms with E-state index in [2.05, 4.69) is 20.3 Å². The van der Waals surface area contributed by atoms with Crippen LogP contribution in [0.3, 0.4) is 0 Å². The van der Waals surface area contributed by atoms with Gasteiger partial charge in [-0.25, -0.2) is 0 Å². The number of aromatic nitrogens is 3. The molecule has 158 valence electrons. The molecule has 0 unspecified atom stereocenters. The monoisotopic (exact) mass is 417 g/mol. The molecule has 1 saturated heterocycles. The summed E-state index contributed by atoms with van der Waals surface area (Å²) in [7, 11) is 1.50. The summed E-state index contributed by atoms with van der Waals surface area (Å²) in [5, 5.41) is 3.17. The average molecular weight is 417 g/mol. The second kappa shape index (κ2) is 7.60. The van der Waals surface area contributed by atoms with Crippen molar-refractivity contribution >= 4 is 23.4 Å². The van der Waals surface area contributed by atoms with Gasteiger partial charge in [0.2, 0.25) is 11.9 Å². The smallest absolute Gasteiger partial charge is 0.322 e. The molecular formula is C22H23N7O2. The Morgan fingerprint density at radius 2 is 1.68 bits per heavy atom. The first-order valence-electron chi connectivity index (χ1n) is 10.1. The molecule has 31 heavy (non-hydrogen) atoms. The van der Waals surface area contributed by atoms with Crippen LogP contribution in [0.25, 0.3) is 11.1 Å². The lowest BCUT2D eigenvalue weighted by atomic mass is 10.0. The lowest BCUT2D eigenvalue weighted by molar-refractivity contribution is 0.104. The summed E-state index contributed by atoms with van der Waals surface area (Å²) in [5.74, 6) is 0.779. The largest absolute Gasteiger partial charge is 0.467 e. The molecule has 5 rings (SSSR count). The molecule has 0 radical (unpaired) electrons. The van der Waals surface area contributed by atoms with Crippen molar-refractivity contribution in [3.63, 3.8) is 0 Å². The van der Waals surface area contributed by atoms with Crippen LogP contribution in [0, 0.1) is 0 Å². The van der Waals surface area contributed by atoms with E-state index in [9.17, 15) is 4.79 Å². The number of fused-ring (bicyclic) bond motifs is 3. The van der Waals surface area contributed by atoms with E-state index in [0.717, 1.165) is 23.1 Å². The summed E-state index contributed by atoms with van der Waals surface area (Å²) in [6, 6.07) is 13.4. The lowest BCUT2D eigenvalue weighted by Crippen LogP contribution is -2.52. The van der Waals surface area contributed by atoms with Crippen LogP contribution in [0.1, 0.15) is 22.3 Å². The molecule has 0 amide bonds. The number of carbonyl (C=O) groups is 1. The van der Waals surface area contributed by atoms with Gasteiger partial charge in [0.15, 0.2) is 5.78 Å². The number of ketones is 1. The Morgan fingerprint density at radius 1 is 0.968 bits per heavy atom. The minimum absolute atomic E-state index is 0.0134. The molecule has 9 nitrogen and oxygen atoms in total. The third-order valence-corrected chi connectivity index (χ3v) is 5.57. The highest BCUT2D eigenvalue weighted by Gasteiger charge is 2.27. The van der Waals surface area contributed by atoms with E-state index in [1.807, 2.05) is 47.4 Å². The van der Waals surface area contributed by atoms with Gasteiger partial charge in [0.05, 0.1) is 7.11 Å². The van der Waals surface area contributed by atoms with Crippen LogP contribution in [0.15, 0.2) is 42.5 Å². The van der Waals surface area contributed by atoms with Crippen LogP contribution < -0.4 is 26.4 Å². The summed E-state index contributed by atoms with van der Waals surface area (Å²) in [4.78, 5) is 27.9. The molecule has 2 aliphatic rings. The molecule has 1 aliphatic carbocycles. The Hall–Kier alpha value is -3.56. The Balaban J connectivity index is 1.45. The maximum atomic E-state index is 12.8. The third kappa shape index (κ3) is 3.58. The first-order valence-corrected chi connectivity index (χ1v) is 10.1. The standard InChI is InChI=1S/C22H23N7O2/c1-31-22-27-20(26-21(28-22)29-10-12(23)8-13(24)11-29)25-14-6-7-16-15-4-2-3-5-17(15)19(30)18(16)9-14/h2-7,9,12-13H,8,10-11,23-24H2,1H3,(H,25,26,27,28)/t12-,13+. The van der Waals surface area contributed by atoms with Crippen LogP contribution in [0.5, 0.6) is 6.01 Å². The molecule has 2 heterocycles. The number of carbonyl (C=O) groups excluding carboxylic acids is 1. The molecule has 9 heteroatoms. The van der Waals surface area contributed by atoms with Gasteiger partial charge in [-0.1, -0.05) is 30.3 Å². The number of benzene rings is 2. The number of nitrogens with two attached hydrogens (primary N) is 2. The van der Waals surface area contributed by atoms with Gasteiger partial charge in [-0.15, -0.1) is 0 Å². The normalized spacial score (nSPS) is 19.7. The van der Waals surface area contributed by atoms with Gasteiger partial charge in [0, 0.05) is 42.0 Å². The number of piperidine rings is 1. The van der Waals surface area contributed by atoms with E-state index >= 15 is 0 Å². The Bertz CT molecular complexity index is 1160. The molecular weight excluding hydrogens is 394 g/mol. The van der Waals surface area contributed by atoms with Crippen LogP contribution in [0.2, 0.25) is 0 Å². The minimum atomic E-state index is -0.0488. The van der Waals surface area contributed by atoms with Crippen molar-refractivity contribution in [2.75, 3.05) is 30.4 Å². The number of nitrogens with one attached hydrogen (secondary N) is 1. The summed E-state index contributed by atoms with van der Waals surface area (Å²) in [5.41, 5.74) is 16.2. The number of methoxy groups -OCH3 is 1. The second-order valence-electron chi connectivity index (χ2n) is 7.87. The minimum Gasteiger partial charge on any atom is -0.467 e. The van der Waals surface area contributed by atoms with Crippen LogP contribution >= 0.6 is 0 Å². The summed E-state index contributed by atoms with van der Waals surface area (Å²) >= 11 is 0. The molecule has 0 spiro atoms. The van der Waals surface area contributed by atoms with Crippen molar-refractivity contribution in [2.45, 2.75) is 18.5 Å². The number of ether oxygens (including phenoxy) is 1. The number of nitrogens with zero attached hydrogens (tertiary/aromatic N) is 4. The Morgan fingerprint density at radius 3 is 2.42 bits per heavy atom. The fourth-order valence-electron chi connectivity index (χ4n) is 4.21. The number of hydrogen-bond acceptors (Lipinski definition) is 9. The molecule has 1 fully saturated rings. The zero-order valence-corrected chi connectivity index (χ0v) is 17.1. The maximum Gasteiger partial charge on any atom is 0.322 e. The second-order valence-corrected chi connectivity index (χ2v) is 7.87. The van der Waals surface area contributed by atoms with Crippen molar-refractivity contribution < 1.29 is 9.53 Å². The van der Waals surface area contributed by atoms with Crippen LogP contribution in [0.4, 0.5) is 17.6 Å². The van der Waals surface area contributed by atoms with E-state index < -0.39 is 0 Å². The fraction of sp³-hybridized carbons (Fsp3) is 0.273. The van der Waals surface area contributed by atoms with E-state index in [1.54, 1.807) is 0 Å². The third-order valence-electron chi connectivity index (χ3n) is 5.57. The number of hydrogen-bond donors (Lipinski definition) is 3. The van der Waals surface area contributed by atoms with Gasteiger partial charge < -0.3 is 26.4 Å².